The van der Waals surface area contributed by atoms with E-state index < -0.39 is 23.8 Å². The van der Waals surface area contributed by atoms with Crippen LogP contribution in [0.2, 0.25) is 0 Å². The minimum Gasteiger partial charge on any atom is -0.386 e. The molecule has 1 saturated heterocycles. The lowest BCUT2D eigenvalue weighted by molar-refractivity contribution is -0.435. The molecule has 118 valence electrons. The van der Waals surface area contributed by atoms with Crippen LogP contribution in [-0.2, 0) is 18.9 Å². The van der Waals surface area contributed by atoms with E-state index in [1.54, 1.807) is 21.0 Å². The molecule has 0 radical (unpaired) electrons. The van der Waals surface area contributed by atoms with Crippen molar-refractivity contribution in [1.29, 1.82) is 0 Å². The van der Waals surface area contributed by atoms with Gasteiger partial charge in [-0.2, -0.15) is 0 Å². The fraction of sp³-hybridized carbons (Fsp3) is 0.867. The van der Waals surface area contributed by atoms with Crippen LogP contribution in [0.1, 0.15) is 40.5 Å². The summed E-state index contributed by atoms with van der Waals surface area (Å²) in [5.41, 5.74) is 1.14. The van der Waals surface area contributed by atoms with Crippen molar-refractivity contribution < 1.29 is 24.1 Å². The average Bonchev–Trinajstić information content (AvgIpc) is 2.42. The molecule has 1 fully saturated rings. The van der Waals surface area contributed by atoms with Crippen LogP contribution < -0.4 is 0 Å². The highest BCUT2D eigenvalue weighted by Crippen LogP contribution is 2.37. The summed E-state index contributed by atoms with van der Waals surface area (Å²) in [4.78, 5) is 0. The number of aliphatic hydroxyl groups is 1. The normalized spacial score (nSPS) is 37.0. The number of rotatable bonds is 6. The smallest absolute Gasteiger partial charge is 0.220 e. The molecule has 0 bridgehead atoms. The van der Waals surface area contributed by atoms with E-state index in [0.717, 1.165) is 18.4 Å². The van der Waals surface area contributed by atoms with Gasteiger partial charge in [0.25, 0.3) is 0 Å². The molecular formula is C15H28O5. The van der Waals surface area contributed by atoms with Crippen LogP contribution in [0, 0.1) is 0 Å². The predicted octanol–water partition coefficient (Wildman–Crippen LogP) is 2.23. The number of hydrogen-bond donors (Lipinski definition) is 1. The summed E-state index contributed by atoms with van der Waals surface area (Å²) in [5, 5.41) is 10.3. The third-order valence-corrected chi connectivity index (χ3v) is 3.98. The standard InChI is InChI=1S/C15H28O5/c1-7-8-11(2)9-12(16)13-10-19-14(3,17-5)15(4,18-6)20-13/h9,12-13,16H,7-8,10H2,1-6H3/b11-9+/t12-,13+,14-,15-/m1/s1. The molecule has 0 aromatic rings. The molecule has 0 aromatic heterocycles. The molecule has 1 aliphatic rings. The van der Waals surface area contributed by atoms with Crippen LogP contribution in [0.4, 0.5) is 0 Å². The lowest BCUT2D eigenvalue weighted by atomic mass is 10.0. The van der Waals surface area contributed by atoms with E-state index in [4.69, 9.17) is 18.9 Å². The topological polar surface area (TPSA) is 57.2 Å². The van der Waals surface area contributed by atoms with Crippen molar-refractivity contribution in [2.45, 2.75) is 64.3 Å². The van der Waals surface area contributed by atoms with Crippen molar-refractivity contribution in [3.63, 3.8) is 0 Å². The Labute approximate surface area is 121 Å². The highest BCUT2D eigenvalue weighted by Gasteiger charge is 2.54. The number of methoxy groups -OCH3 is 2. The maximum absolute atomic E-state index is 10.3. The molecule has 0 spiro atoms. The summed E-state index contributed by atoms with van der Waals surface area (Å²) in [6.07, 6.45) is 2.63. The fourth-order valence-electron chi connectivity index (χ4n) is 2.32. The third-order valence-electron chi connectivity index (χ3n) is 3.98. The van der Waals surface area contributed by atoms with E-state index in [1.807, 2.05) is 13.0 Å². The summed E-state index contributed by atoms with van der Waals surface area (Å²) < 4.78 is 22.4. The van der Waals surface area contributed by atoms with Gasteiger partial charge in [0.2, 0.25) is 11.6 Å². The van der Waals surface area contributed by atoms with Gasteiger partial charge in [-0.3, -0.25) is 0 Å². The fourth-order valence-corrected chi connectivity index (χ4v) is 2.32. The number of aliphatic hydroxyl groups excluding tert-OH is 1. The van der Waals surface area contributed by atoms with Crippen molar-refractivity contribution in [3.05, 3.63) is 11.6 Å². The Morgan fingerprint density at radius 3 is 2.45 bits per heavy atom. The van der Waals surface area contributed by atoms with Gasteiger partial charge in [-0.05, 0) is 27.2 Å². The zero-order valence-electron chi connectivity index (χ0n) is 13.4. The lowest BCUT2D eigenvalue weighted by Gasteiger charge is -2.49. The Bertz CT molecular complexity index is 343. The maximum Gasteiger partial charge on any atom is 0.220 e. The van der Waals surface area contributed by atoms with Crippen LogP contribution >= 0.6 is 0 Å². The second kappa shape index (κ2) is 7.00. The quantitative estimate of drug-likeness (QED) is 0.760. The summed E-state index contributed by atoms with van der Waals surface area (Å²) in [6.45, 7) is 7.87. The number of ether oxygens (including phenoxy) is 4. The minimum atomic E-state index is -1.07. The second-order valence-corrected chi connectivity index (χ2v) is 5.52. The predicted molar refractivity (Wildman–Crippen MR) is 76.3 cm³/mol. The second-order valence-electron chi connectivity index (χ2n) is 5.52. The molecule has 0 saturated carbocycles. The van der Waals surface area contributed by atoms with Gasteiger partial charge in [0, 0.05) is 14.2 Å². The van der Waals surface area contributed by atoms with Crippen LogP contribution in [-0.4, -0.2) is 49.7 Å². The van der Waals surface area contributed by atoms with Gasteiger partial charge < -0.3 is 24.1 Å². The van der Waals surface area contributed by atoms with Gasteiger partial charge in [-0.15, -0.1) is 0 Å². The molecule has 4 atom stereocenters. The van der Waals surface area contributed by atoms with Gasteiger partial charge in [0.15, 0.2) is 0 Å². The van der Waals surface area contributed by atoms with Crippen molar-refractivity contribution in [1.82, 2.24) is 0 Å². The van der Waals surface area contributed by atoms with Gasteiger partial charge in [-0.25, -0.2) is 0 Å². The van der Waals surface area contributed by atoms with Crippen LogP contribution in [0.5, 0.6) is 0 Å². The van der Waals surface area contributed by atoms with E-state index >= 15 is 0 Å². The van der Waals surface area contributed by atoms with Crippen LogP contribution in [0.25, 0.3) is 0 Å². The van der Waals surface area contributed by atoms with Crippen LogP contribution in [0.15, 0.2) is 11.6 Å². The molecule has 0 amide bonds. The largest absolute Gasteiger partial charge is 0.386 e. The Morgan fingerprint density at radius 2 is 1.95 bits per heavy atom. The molecular weight excluding hydrogens is 260 g/mol. The van der Waals surface area contributed by atoms with Crippen molar-refractivity contribution in [2.75, 3.05) is 20.8 Å². The first-order valence-electron chi connectivity index (χ1n) is 7.09. The number of allylic oxidation sites excluding steroid dienone is 1. The monoisotopic (exact) mass is 288 g/mol. The summed E-state index contributed by atoms with van der Waals surface area (Å²) in [6, 6.07) is 0. The van der Waals surface area contributed by atoms with E-state index in [-0.39, 0.29) is 6.61 Å². The SMILES string of the molecule is CCC/C(C)=C/[C@@H](O)[C@@H]1CO[C@@](C)(OC)[C@](C)(OC)O1. The number of hydrogen-bond acceptors (Lipinski definition) is 5. The molecule has 1 heterocycles. The highest BCUT2D eigenvalue weighted by molar-refractivity contribution is 5.05. The summed E-state index contributed by atoms with van der Waals surface area (Å²) in [5.74, 6) is -2.07. The van der Waals surface area contributed by atoms with Gasteiger partial charge >= 0.3 is 0 Å². The average molecular weight is 288 g/mol. The summed E-state index contributed by atoms with van der Waals surface area (Å²) >= 11 is 0. The Morgan fingerprint density at radius 1 is 1.35 bits per heavy atom. The van der Waals surface area contributed by atoms with E-state index in [9.17, 15) is 5.11 Å². The molecule has 5 heteroatoms. The maximum atomic E-state index is 10.3. The molecule has 1 aliphatic heterocycles. The molecule has 1 N–H and O–H groups in total. The van der Waals surface area contributed by atoms with Gasteiger partial charge in [0.05, 0.1) is 6.61 Å². The first-order valence-corrected chi connectivity index (χ1v) is 7.09. The Balaban J connectivity index is 2.80. The van der Waals surface area contributed by atoms with E-state index in [1.165, 1.54) is 7.11 Å². The first kappa shape index (κ1) is 17.6. The third kappa shape index (κ3) is 3.59. The minimum absolute atomic E-state index is 0.250. The van der Waals surface area contributed by atoms with E-state index in [0.29, 0.717) is 0 Å². The molecule has 0 aliphatic carbocycles. The van der Waals surface area contributed by atoms with Crippen molar-refractivity contribution in [2.24, 2.45) is 0 Å². The molecule has 20 heavy (non-hydrogen) atoms. The molecule has 0 unspecified atom stereocenters. The van der Waals surface area contributed by atoms with Crippen molar-refractivity contribution >= 4 is 0 Å². The molecule has 5 nitrogen and oxygen atoms in total. The highest BCUT2D eigenvalue weighted by atomic mass is 16.8. The molecule has 1 rings (SSSR count). The lowest BCUT2D eigenvalue weighted by Crippen LogP contribution is -2.63. The molecule has 0 aromatic carbocycles. The van der Waals surface area contributed by atoms with Gasteiger partial charge in [0.1, 0.15) is 12.2 Å². The first-order chi connectivity index (χ1) is 9.31. The Kier molecular flexibility index (Phi) is 6.16. The Hall–Kier alpha value is -0.460. The van der Waals surface area contributed by atoms with Crippen molar-refractivity contribution in [3.8, 4) is 0 Å². The zero-order chi connectivity index (χ0) is 15.4. The zero-order valence-corrected chi connectivity index (χ0v) is 13.4. The van der Waals surface area contributed by atoms with E-state index in [2.05, 4.69) is 6.92 Å². The van der Waals surface area contributed by atoms with Gasteiger partial charge in [-0.1, -0.05) is 25.0 Å². The van der Waals surface area contributed by atoms with Crippen LogP contribution in [0.3, 0.4) is 0 Å². The summed E-state index contributed by atoms with van der Waals surface area (Å²) in [7, 11) is 3.08.